The van der Waals surface area contributed by atoms with Gasteiger partial charge in [-0.3, -0.25) is 0 Å². The van der Waals surface area contributed by atoms with E-state index in [2.05, 4.69) is 24.4 Å². The van der Waals surface area contributed by atoms with Crippen LogP contribution in [0, 0.1) is 6.92 Å². The summed E-state index contributed by atoms with van der Waals surface area (Å²) in [6.07, 6.45) is 0. The Morgan fingerprint density at radius 2 is 2.31 bits per heavy atom. The lowest BCUT2D eigenvalue weighted by Crippen LogP contribution is -1.99. The van der Waals surface area contributed by atoms with Crippen molar-refractivity contribution in [2.45, 2.75) is 13.5 Å². The highest BCUT2D eigenvalue weighted by Gasteiger charge is 2.20. The highest BCUT2D eigenvalue weighted by Crippen LogP contribution is 2.45. The quantitative estimate of drug-likeness (QED) is 0.641. The van der Waals surface area contributed by atoms with Crippen LogP contribution in [0.3, 0.4) is 0 Å². The van der Waals surface area contributed by atoms with E-state index in [-0.39, 0.29) is 0 Å². The number of rotatable bonds is 0. The van der Waals surface area contributed by atoms with Crippen molar-refractivity contribution in [2.24, 2.45) is 0 Å². The molecule has 0 radical (unpaired) electrons. The first-order valence-corrected chi connectivity index (χ1v) is 5.84. The molecule has 1 aliphatic heterocycles. The number of fused-ring (bicyclic) bond motifs is 3. The van der Waals surface area contributed by atoms with Gasteiger partial charge in [0.1, 0.15) is 12.4 Å². The summed E-state index contributed by atoms with van der Waals surface area (Å²) in [5, 5.41) is 2.14. The molecule has 0 spiro atoms. The Morgan fingerprint density at radius 3 is 3.23 bits per heavy atom. The molecule has 0 aromatic carbocycles. The molecule has 0 bridgehead atoms. The van der Waals surface area contributed by atoms with Crippen LogP contribution in [0.15, 0.2) is 17.5 Å². The Hall–Kier alpha value is -0.800. The SMILES string of the molecule is Cc1cc2c(s1)-c1sccc1CO2. The van der Waals surface area contributed by atoms with E-state index in [0.29, 0.717) is 0 Å². The van der Waals surface area contributed by atoms with Gasteiger partial charge in [0, 0.05) is 10.4 Å². The van der Waals surface area contributed by atoms with Crippen molar-refractivity contribution in [3.05, 3.63) is 28.0 Å². The summed E-state index contributed by atoms with van der Waals surface area (Å²) < 4.78 is 5.65. The third-order valence-corrected chi connectivity index (χ3v) is 4.31. The normalized spacial score (nSPS) is 13.3. The van der Waals surface area contributed by atoms with E-state index in [9.17, 15) is 0 Å². The Kier molecular flexibility index (Phi) is 1.51. The minimum Gasteiger partial charge on any atom is -0.487 e. The molecule has 66 valence electrons. The molecule has 0 unspecified atom stereocenters. The monoisotopic (exact) mass is 208 g/mol. The topological polar surface area (TPSA) is 9.23 Å². The molecule has 0 amide bonds. The fourth-order valence-corrected chi connectivity index (χ4v) is 3.61. The van der Waals surface area contributed by atoms with Gasteiger partial charge in [-0.05, 0) is 24.4 Å². The van der Waals surface area contributed by atoms with E-state index in [1.807, 2.05) is 22.7 Å². The fourth-order valence-electron chi connectivity index (χ4n) is 1.56. The number of ether oxygens (including phenoxy) is 1. The van der Waals surface area contributed by atoms with Crippen LogP contribution in [-0.2, 0) is 6.61 Å². The predicted molar refractivity (Wildman–Crippen MR) is 56.7 cm³/mol. The van der Waals surface area contributed by atoms with Crippen LogP contribution >= 0.6 is 22.7 Å². The van der Waals surface area contributed by atoms with Gasteiger partial charge in [0.25, 0.3) is 0 Å². The summed E-state index contributed by atoms with van der Waals surface area (Å²) in [5.41, 5.74) is 1.33. The second-order valence-electron chi connectivity index (χ2n) is 3.11. The second kappa shape index (κ2) is 2.59. The molecule has 2 aromatic rings. The molecule has 1 aliphatic rings. The van der Waals surface area contributed by atoms with Crippen molar-refractivity contribution in [2.75, 3.05) is 0 Å². The highest BCUT2D eigenvalue weighted by molar-refractivity contribution is 7.21. The van der Waals surface area contributed by atoms with Crippen LogP contribution in [0.5, 0.6) is 5.75 Å². The van der Waals surface area contributed by atoms with Gasteiger partial charge in [0.2, 0.25) is 0 Å². The van der Waals surface area contributed by atoms with Crippen molar-refractivity contribution in [1.29, 1.82) is 0 Å². The van der Waals surface area contributed by atoms with Gasteiger partial charge in [-0.15, -0.1) is 22.7 Å². The summed E-state index contributed by atoms with van der Waals surface area (Å²) in [7, 11) is 0. The molecule has 1 nitrogen and oxygen atoms in total. The van der Waals surface area contributed by atoms with Crippen molar-refractivity contribution < 1.29 is 4.74 Å². The molecule has 3 heteroatoms. The summed E-state index contributed by atoms with van der Waals surface area (Å²) in [6.45, 7) is 2.86. The third-order valence-electron chi connectivity index (χ3n) is 2.16. The summed E-state index contributed by atoms with van der Waals surface area (Å²) >= 11 is 3.63. The van der Waals surface area contributed by atoms with Crippen molar-refractivity contribution >= 4 is 22.7 Å². The average Bonchev–Trinajstić information content (AvgIpc) is 2.65. The Morgan fingerprint density at radius 1 is 1.38 bits per heavy atom. The molecule has 0 saturated heterocycles. The molecule has 2 aromatic heterocycles. The maximum Gasteiger partial charge on any atom is 0.139 e. The smallest absolute Gasteiger partial charge is 0.139 e. The first-order chi connectivity index (χ1) is 6.34. The van der Waals surface area contributed by atoms with Crippen LogP contribution in [0.1, 0.15) is 10.4 Å². The molecule has 0 saturated carbocycles. The predicted octanol–water partition coefficient (Wildman–Crippen LogP) is 3.68. The van der Waals surface area contributed by atoms with Crippen LogP contribution in [0.2, 0.25) is 0 Å². The maximum atomic E-state index is 5.65. The van der Waals surface area contributed by atoms with Crippen LogP contribution in [0.4, 0.5) is 0 Å². The molecule has 3 rings (SSSR count). The van der Waals surface area contributed by atoms with Crippen LogP contribution in [0.25, 0.3) is 9.75 Å². The Balaban J connectivity index is 2.29. The lowest BCUT2D eigenvalue weighted by atomic mass is 10.2. The van der Waals surface area contributed by atoms with E-state index in [4.69, 9.17) is 4.74 Å². The first kappa shape index (κ1) is 7.59. The molecular formula is C10H8OS2. The number of aryl methyl sites for hydroxylation is 1. The zero-order valence-corrected chi connectivity index (χ0v) is 8.80. The van der Waals surface area contributed by atoms with E-state index in [1.165, 1.54) is 20.2 Å². The first-order valence-electron chi connectivity index (χ1n) is 4.14. The lowest BCUT2D eigenvalue weighted by molar-refractivity contribution is 0.304. The summed E-state index contributed by atoms with van der Waals surface area (Å²) in [5.74, 6) is 1.07. The number of hydrogen-bond acceptors (Lipinski definition) is 3. The van der Waals surface area contributed by atoms with Gasteiger partial charge in [0.05, 0.1) is 9.75 Å². The Labute approximate surface area is 84.6 Å². The van der Waals surface area contributed by atoms with Crippen molar-refractivity contribution in [3.8, 4) is 15.5 Å². The van der Waals surface area contributed by atoms with E-state index < -0.39 is 0 Å². The summed E-state index contributed by atoms with van der Waals surface area (Å²) in [4.78, 5) is 4.04. The van der Waals surface area contributed by atoms with Crippen molar-refractivity contribution in [3.63, 3.8) is 0 Å². The molecular weight excluding hydrogens is 200 g/mol. The van der Waals surface area contributed by atoms with E-state index in [1.54, 1.807) is 0 Å². The van der Waals surface area contributed by atoms with E-state index >= 15 is 0 Å². The molecule has 0 fully saturated rings. The molecule has 0 N–H and O–H groups in total. The van der Waals surface area contributed by atoms with Crippen LogP contribution < -0.4 is 4.74 Å². The zero-order chi connectivity index (χ0) is 8.84. The van der Waals surface area contributed by atoms with Gasteiger partial charge in [-0.1, -0.05) is 0 Å². The van der Waals surface area contributed by atoms with Gasteiger partial charge in [-0.25, -0.2) is 0 Å². The molecule has 0 aliphatic carbocycles. The second-order valence-corrected chi connectivity index (χ2v) is 5.29. The molecule has 0 atom stereocenters. The summed E-state index contributed by atoms with van der Waals surface area (Å²) in [6, 6.07) is 4.28. The maximum absolute atomic E-state index is 5.65. The minimum atomic E-state index is 0.738. The molecule has 3 heterocycles. The zero-order valence-electron chi connectivity index (χ0n) is 7.16. The largest absolute Gasteiger partial charge is 0.487 e. The standard InChI is InChI=1S/C10H8OS2/c1-6-4-8-10(13-6)9-7(5-11-8)2-3-12-9/h2-4H,5H2,1H3. The Bertz CT molecular complexity index is 453. The third kappa shape index (κ3) is 1.04. The van der Waals surface area contributed by atoms with Crippen molar-refractivity contribution in [1.82, 2.24) is 0 Å². The highest BCUT2D eigenvalue weighted by atomic mass is 32.1. The van der Waals surface area contributed by atoms with Gasteiger partial charge in [0.15, 0.2) is 0 Å². The van der Waals surface area contributed by atoms with Crippen LogP contribution in [-0.4, -0.2) is 0 Å². The number of thiophene rings is 2. The van der Waals surface area contributed by atoms with Gasteiger partial charge >= 0.3 is 0 Å². The molecule has 13 heavy (non-hydrogen) atoms. The van der Waals surface area contributed by atoms with E-state index in [0.717, 1.165) is 12.4 Å². The number of hydrogen-bond donors (Lipinski definition) is 0. The van der Waals surface area contributed by atoms with Gasteiger partial charge < -0.3 is 4.74 Å². The lowest BCUT2D eigenvalue weighted by Gasteiger charge is -2.12. The minimum absolute atomic E-state index is 0.738. The van der Waals surface area contributed by atoms with Gasteiger partial charge in [-0.2, -0.15) is 0 Å². The average molecular weight is 208 g/mol. The fraction of sp³-hybridized carbons (Fsp3) is 0.200.